The summed E-state index contributed by atoms with van der Waals surface area (Å²) in [6, 6.07) is 8.34. The summed E-state index contributed by atoms with van der Waals surface area (Å²) < 4.78 is 0. The van der Waals surface area contributed by atoms with E-state index in [2.05, 4.69) is 49.1 Å². The highest BCUT2D eigenvalue weighted by atomic mass is 15.1. The third-order valence-corrected chi connectivity index (χ3v) is 3.35. The second kappa shape index (κ2) is 5.36. The van der Waals surface area contributed by atoms with Crippen molar-refractivity contribution in [2.75, 3.05) is 19.0 Å². The van der Waals surface area contributed by atoms with Gasteiger partial charge in [0.15, 0.2) is 5.82 Å². The molecule has 3 rings (SSSR count). The maximum absolute atomic E-state index is 4.65. The number of hydrogen-bond donors (Lipinski definition) is 1. The Morgan fingerprint density at radius 1 is 1.05 bits per heavy atom. The van der Waals surface area contributed by atoms with Gasteiger partial charge in [0.2, 0.25) is 0 Å². The average molecular weight is 279 g/mol. The van der Waals surface area contributed by atoms with Gasteiger partial charge in [-0.1, -0.05) is 12.1 Å². The molecule has 5 nitrogen and oxygen atoms in total. The zero-order valence-corrected chi connectivity index (χ0v) is 12.3. The SMILES string of the molecule is Cc1[nH]c(-c2cnccn2)nc1-c1ccc(N(C)C)cc1. The van der Waals surface area contributed by atoms with Crippen molar-refractivity contribution in [3.05, 3.63) is 48.5 Å². The maximum atomic E-state index is 4.65. The van der Waals surface area contributed by atoms with Crippen molar-refractivity contribution in [2.24, 2.45) is 0 Å². The Bertz CT molecular complexity index is 729. The number of anilines is 1. The maximum Gasteiger partial charge on any atom is 0.158 e. The Hall–Kier alpha value is -2.69. The number of imidazole rings is 1. The van der Waals surface area contributed by atoms with E-state index in [1.165, 1.54) is 5.69 Å². The summed E-state index contributed by atoms with van der Waals surface area (Å²) in [5, 5.41) is 0. The largest absolute Gasteiger partial charge is 0.378 e. The highest BCUT2D eigenvalue weighted by Gasteiger charge is 2.11. The minimum Gasteiger partial charge on any atom is -0.378 e. The Labute approximate surface area is 123 Å². The van der Waals surface area contributed by atoms with Crippen LogP contribution in [0.4, 0.5) is 5.69 Å². The smallest absolute Gasteiger partial charge is 0.158 e. The van der Waals surface area contributed by atoms with Gasteiger partial charge in [0.05, 0.1) is 11.9 Å². The van der Waals surface area contributed by atoms with Gasteiger partial charge in [0, 0.05) is 43.4 Å². The number of aryl methyl sites for hydroxylation is 1. The molecule has 1 aromatic carbocycles. The highest BCUT2D eigenvalue weighted by Crippen LogP contribution is 2.26. The summed E-state index contributed by atoms with van der Waals surface area (Å²) in [4.78, 5) is 18.3. The Kier molecular flexibility index (Phi) is 3.39. The fourth-order valence-electron chi connectivity index (χ4n) is 2.20. The first-order chi connectivity index (χ1) is 10.1. The molecule has 0 aliphatic rings. The minimum absolute atomic E-state index is 0.743. The van der Waals surface area contributed by atoms with Crippen LogP contribution in [0.2, 0.25) is 0 Å². The van der Waals surface area contributed by atoms with Gasteiger partial charge in [-0.3, -0.25) is 4.98 Å². The zero-order valence-electron chi connectivity index (χ0n) is 12.3. The number of H-pyrrole nitrogens is 1. The lowest BCUT2D eigenvalue weighted by Crippen LogP contribution is -2.07. The number of hydrogen-bond acceptors (Lipinski definition) is 4. The summed E-state index contributed by atoms with van der Waals surface area (Å²) in [7, 11) is 4.06. The summed E-state index contributed by atoms with van der Waals surface area (Å²) in [5.74, 6) is 0.743. The van der Waals surface area contributed by atoms with Gasteiger partial charge in [-0.2, -0.15) is 0 Å². The summed E-state index contributed by atoms with van der Waals surface area (Å²) in [6.45, 7) is 2.02. The van der Waals surface area contributed by atoms with E-state index in [0.29, 0.717) is 0 Å². The van der Waals surface area contributed by atoms with Crippen molar-refractivity contribution in [1.82, 2.24) is 19.9 Å². The monoisotopic (exact) mass is 279 g/mol. The van der Waals surface area contributed by atoms with Crippen LogP contribution in [0.3, 0.4) is 0 Å². The van der Waals surface area contributed by atoms with E-state index in [0.717, 1.165) is 28.5 Å². The van der Waals surface area contributed by atoms with Crippen molar-refractivity contribution in [2.45, 2.75) is 6.92 Å². The fraction of sp³-hybridized carbons (Fsp3) is 0.188. The van der Waals surface area contributed by atoms with Crippen LogP contribution >= 0.6 is 0 Å². The lowest BCUT2D eigenvalue weighted by molar-refractivity contribution is 1.13. The third-order valence-electron chi connectivity index (χ3n) is 3.35. The first-order valence-corrected chi connectivity index (χ1v) is 6.76. The van der Waals surface area contributed by atoms with E-state index < -0.39 is 0 Å². The van der Waals surface area contributed by atoms with Crippen molar-refractivity contribution >= 4 is 5.69 Å². The molecule has 5 heteroatoms. The molecule has 1 N–H and O–H groups in total. The molecule has 0 spiro atoms. The van der Waals surface area contributed by atoms with E-state index in [1.54, 1.807) is 18.6 Å². The van der Waals surface area contributed by atoms with E-state index in [-0.39, 0.29) is 0 Å². The van der Waals surface area contributed by atoms with Gasteiger partial charge in [-0.25, -0.2) is 9.97 Å². The molecule has 2 heterocycles. The molecule has 2 aromatic heterocycles. The van der Waals surface area contributed by atoms with Crippen molar-refractivity contribution in [1.29, 1.82) is 0 Å². The van der Waals surface area contributed by atoms with E-state index in [1.807, 2.05) is 21.0 Å². The van der Waals surface area contributed by atoms with Crippen molar-refractivity contribution in [3.63, 3.8) is 0 Å². The standard InChI is InChI=1S/C16H17N5/c1-11-15(12-4-6-13(7-5-12)21(2)3)20-16(19-11)14-10-17-8-9-18-14/h4-10H,1-3H3,(H,19,20). The topological polar surface area (TPSA) is 57.7 Å². The van der Waals surface area contributed by atoms with Crippen LogP contribution in [0.15, 0.2) is 42.9 Å². The molecule has 106 valence electrons. The Morgan fingerprint density at radius 3 is 2.43 bits per heavy atom. The van der Waals surface area contributed by atoms with Crippen molar-refractivity contribution < 1.29 is 0 Å². The lowest BCUT2D eigenvalue weighted by atomic mass is 10.1. The molecule has 0 fully saturated rings. The van der Waals surface area contributed by atoms with Gasteiger partial charge >= 0.3 is 0 Å². The minimum atomic E-state index is 0.743. The van der Waals surface area contributed by atoms with Gasteiger partial charge < -0.3 is 9.88 Å². The summed E-state index contributed by atoms with van der Waals surface area (Å²) >= 11 is 0. The Morgan fingerprint density at radius 2 is 1.81 bits per heavy atom. The molecule has 0 aliphatic carbocycles. The summed E-state index contributed by atoms with van der Waals surface area (Å²) in [6.07, 6.45) is 5.02. The molecule has 0 atom stereocenters. The second-order valence-electron chi connectivity index (χ2n) is 5.09. The average Bonchev–Trinajstić information content (AvgIpc) is 2.90. The van der Waals surface area contributed by atoms with Crippen LogP contribution in [-0.2, 0) is 0 Å². The van der Waals surface area contributed by atoms with Crippen molar-refractivity contribution in [3.8, 4) is 22.8 Å². The van der Waals surface area contributed by atoms with E-state index >= 15 is 0 Å². The molecule has 0 radical (unpaired) electrons. The quantitative estimate of drug-likeness (QED) is 0.801. The Balaban J connectivity index is 1.98. The summed E-state index contributed by atoms with van der Waals surface area (Å²) in [5.41, 5.74) is 4.97. The number of nitrogens with zero attached hydrogens (tertiary/aromatic N) is 4. The molecular weight excluding hydrogens is 262 g/mol. The number of aromatic nitrogens is 4. The molecule has 0 saturated heterocycles. The van der Waals surface area contributed by atoms with Crippen LogP contribution < -0.4 is 4.90 Å². The fourth-order valence-corrected chi connectivity index (χ4v) is 2.20. The predicted molar refractivity (Wildman–Crippen MR) is 84.1 cm³/mol. The zero-order chi connectivity index (χ0) is 14.8. The lowest BCUT2D eigenvalue weighted by Gasteiger charge is -2.12. The molecule has 21 heavy (non-hydrogen) atoms. The first kappa shape index (κ1) is 13.3. The van der Waals surface area contributed by atoms with E-state index in [4.69, 9.17) is 0 Å². The third kappa shape index (κ3) is 2.63. The van der Waals surface area contributed by atoms with E-state index in [9.17, 15) is 0 Å². The van der Waals surface area contributed by atoms with Crippen LogP contribution in [0.25, 0.3) is 22.8 Å². The number of nitrogens with one attached hydrogen (secondary N) is 1. The predicted octanol–water partition coefficient (Wildman–Crippen LogP) is 2.91. The highest BCUT2D eigenvalue weighted by molar-refractivity contribution is 5.67. The number of aromatic amines is 1. The van der Waals surface area contributed by atoms with Crippen LogP contribution in [-0.4, -0.2) is 34.0 Å². The molecule has 0 saturated carbocycles. The van der Waals surface area contributed by atoms with Gasteiger partial charge in [0.25, 0.3) is 0 Å². The molecule has 0 unspecified atom stereocenters. The van der Waals surface area contributed by atoms with Gasteiger partial charge in [0.1, 0.15) is 5.69 Å². The molecule has 0 amide bonds. The molecular formula is C16H17N5. The second-order valence-corrected chi connectivity index (χ2v) is 5.09. The van der Waals surface area contributed by atoms with Crippen LogP contribution in [0.1, 0.15) is 5.69 Å². The van der Waals surface area contributed by atoms with Gasteiger partial charge in [-0.05, 0) is 19.1 Å². The molecule has 0 aliphatic heterocycles. The number of rotatable bonds is 3. The molecule has 3 aromatic rings. The van der Waals surface area contributed by atoms with Crippen LogP contribution in [0, 0.1) is 6.92 Å². The molecule has 0 bridgehead atoms. The first-order valence-electron chi connectivity index (χ1n) is 6.76. The van der Waals surface area contributed by atoms with Crippen LogP contribution in [0.5, 0.6) is 0 Å². The number of benzene rings is 1. The normalized spacial score (nSPS) is 10.6. The van der Waals surface area contributed by atoms with Gasteiger partial charge in [-0.15, -0.1) is 0 Å².